The van der Waals surface area contributed by atoms with Gasteiger partial charge in [-0.15, -0.1) is 0 Å². The number of nitrogens with one attached hydrogen (secondary N) is 1. The zero-order valence-electron chi connectivity index (χ0n) is 18.3. The third-order valence-corrected chi connectivity index (χ3v) is 7.16. The molecule has 1 amide bonds. The molecule has 3 rings (SSSR count). The first-order chi connectivity index (χ1) is 15.3. The number of carbonyl (C=O) groups is 1. The molecule has 0 aliphatic rings. The predicted octanol–water partition coefficient (Wildman–Crippen LogP) is 5.37. The van der Waals surface area contributed by atoms with Crippen LogP contribution in [0, 0.1) is 6.92 Å². The van der Waals surface area contributed by atoms with Gasteiger partial charge in [-0.25, -0.2) is 8.42 Å². The van der Waals surface area contributed by atoms with E-state index in [0.29, 0.717) is 40.8 Å². The summed E-state index contributed by atoms with van der Waals surface area (Å²) in [5.74, 6) is -0.0701. The highest BCUT2D eigenvalue weighted by molar-refractivity contribution is 7.89. The van der Waals surface area contributed by atoms with Crippen molar-refractivity contribution in [2.24, 2.45) is 0 Å². The minimum absolute atomic E-state index is 0.190. The summed E-state index contributed by atoms with van der Waals surface area (Å²) in [6, 6.07) is 13.2. The van der Waals surface area contributed by atoms with E-state index in [1.54, 1.807) is 43.3 Å². The molecule has 0 fully saturated rings. The fourth-order valence-corrected chi connectivity index (χ4v) is 5.23. The summed E-state index contributed by atoms with van der Waals surface area (Å²) in [7, 11) is -3.59. The van der Waals surface area contributed by atoms with Crippen molar-refractivity contribution in [3.63, 3.8) is 0 Å². The quantitative estimate of drug-likeness (QED) is 0.449. The van der Waals surface area contributed by atoms with E-state index in [-0.39, 0.29) is 10.5 Å². The van der Waals surface area contributed by atoms with Crippen molar-refractivity contribution in [3.05, 3.63) is 64.9 Å². The first-order valence-electron chi connectivity index (χ1n) is 10.4. The number of nitrogens with zero attached hydrogens (tertiary/aromatic N) is 2. The first-order valence-corrected chi connectivity index (χ1v) is 12.2. The minimum Gasteiger partial charge on any atom is -0.360 e. The molecule has 170 valence electrons. The van der Waals surface area contributed by atoms with Gasteiger partial charge in [-0.1, -0.05) is 48.8 Å². The topological polar surface area (TPSA) is 92.5 Å². The molecule has 0 atom stereocenters. The Hall–Kier alpha value is -2.68. The fraction of sp³-hybridized carbons (Fsp3) is 0.304. The van der Waals surface area contributed by atoms with Crippen molar-refractivity contribution in [2.75, 3.05) is 18.4 Å². The minimum atomic E-state index is -3.59. The van der Waals surface area contributed by atoms with Crippen LogP contribution >= 0.6 is 11.6 Å². The van der Waals surface area contributed by atoms with E-state index in [0.717, 1.165) is 12.8 Å². The van der Waals surface area contributed by atoms with Gasteiger partial charge < -0.3 is 9.84 Å². The molecule has 32 heavy (non-hydrogen) atoms. The average Bonchev–Trinajstić information content (AvgIpc) is 3.15. The Bertz CT molecular complexity index is 1180. The normalized spacial score (nSPS) is 11.7. The van der Waals surface area contributed by atoms with Crippen LogP contribution in [0.15, 0.2) is 57.9 Å². The van der Waals surface area contributed by atoms with E-state index in [2.05, 4.69) is 10.5 Å². The van der Waals surface area contributed by atoms with E-state index >= 15 is 0 Å². The van der Waals surface area contributed by atoms with Crippen LogP contribution < -0.4 is 5.32 Å². The highest BCUT2D eigenvalue weighted by Crippen LogP contribution is 2.31. The van der Waals surface area contributed by atoms with Gasteiger partial charge in [0.15, 0.2) is 0 Å². The lowest BCUT2D eigenvalue weighted by atomic mass is 10.1. The number of aryl methyl sites for hydroxylation is 1. The molecule has 7 nitrogen and oxygen atoms in total. The van der Waals surface area contributed by atoms with Crippen LogP contribution in [0.25, 0.3) is 11.3 Å². The molecule has 1 aromatic heterocycles. The zero-order valence-corrected chi connectivity index (χ0v) is 19.8. The Balaban J connectivity index is 1.84. The molecule has 0 aliphatic heterocycles. The lowest BCUT2D eigenvalue weighted by molar-refractivity contribution is 0.102. The smallest absolute Gasteiger partial charge is 0.261 e. The van der Waals surface area contributed by atoms with Gasteiger partial charge in [-0.3, -0.25) is 4.79 Å². The van der Waals surface area contributed by atoms with E-state index in [4.69, 9.17) is 16.1 Å². The van der Waals surface area contributed by atoms with Gasteiger partial charge >= 0.3 is 0 Å². The molecule has 0 radical (unpaired) electrons. The second kappa shape index (κ2) is 10.3. The summed E-state index contributed by atoms with van der Waals surface area (Å²) in [4.78, 5) is 13.2. The Morgan fingerprint density at radius 2 is 1.69 bits per heavy atom. The maximum atomic E-state index is 13.0. The van der Waals surface area contributed by atoms with E-state index in [9.17, 15) is 13.2 Å². The number of anilines is 1. The molecule has 0 bridgehead atoms. The summed E-state index contributed by atoms with van der Waals surface area (Å²) in [6.45, 7) is 6.47. The summed E-state index contributed by atoms with van der Waals surface area (Å²) in [5.41, 5.74) is 1.66. The molecule has 1 N–H and O–H groups in total. The predicted molar refractivity (Wildman–Crippen MR) is 125 cm³/mol. The Labute approximate surface area is 193 Å². The highest BCUT2D eigenvalue weighted by atomic mass is 35.5. The molecular weight excluding hydrogens is 450 g/mol. The maximum absolute atomic E-state index is 13.0. The average molecular weight is 476 g/mol. The van der Waals surface area contributed by atoms with Gasteiger partial charge in [0.25, 0.3) is 5.91 Å². The van der Waals surface area contributed by atoms with Gasteiger partial charge in [0.1, 0.15) is 17.0 Å². The van der Waals surface area contributed by atoms with Crippen LogP contribution in [0.2, 0.25) is 5.02 Å². The Morgan fingerprint density at radius 1 is 1.06 bits per heavy atom. The number of sulfonamides is 1. The van der Waals surface area contributed by atoms with Crippen LogP contribution in [0.5, 0.6) is 0 Å². The molecule has 9 heteroatoms. The van der Waals surface area contributed by atoms with Gasteiger partial charge in [0.05, 0.1) is 9.92 Å². The van der Waals surface area contributed by atoms with Crippen LogP contribution in [-0.2, 0) is 10.0 Å². The molecule has 0 saturated carbocycles. The summed E-state index contributed by atoms with van der Waals surface area (Å²) < 4.78 is 32.6. The number of rotatable bonds is 9. The van der Waals surface area contributed by atoms with E-state index in [1.807, 2.05) is 13.8 Å². The summed E-state index contributed by atoms with van der Waals surface area (Å²) in [5, 5.41) is 7.24. The van der Waals surface area contributed by atoms with E-state index < -0.39 is 15.9 Å². The second-order valence-electron chi connectivity index (χ2n) is 7.32. The third kappa shape index (κ3) is 5.03. The van der Waals surface area contributed by atoms with Crippen LogP contribution in [0.1, 0.15) is 42.8 Å². The van der Waals surface area contributed by atoms with Crippen LogP contribution in [0.4, 0.5) is 5.69 Å². The summed E-state index contributed by atoms with van der Waals surface area (Å²) >= 11 is 6.26. The SMILES string of the molecule is CCCN(CCC)S(=O)(=O)c1ccc(NC(=O)c2c(-c3ccccc3Cl)noc2C)cc1. The fourth-order valence-electron chi connectivity index (χ4n) is 3.38. The number of aromatic nitrogens is 1. The Morgan fingerprint density at radius 3 is 2.28 bits per heavy atom. The molecule has 3 aromatic rings. The molecule has 0 saturated heterocycles. The number of hydrogen-bond acceptors (Lipinski definition) is 5. The molecule has 1 heterocycles. The maximum Gasteiger partial charge on any atom is 0.261 e. The number of benzene rings is 2. The molecule has 0 spiro atoms. The van der Waals surface area contributed by atoms with Crippen molar-refractivity contribution in [2.45, 2.75) is 38.5 Å². The first kappa shape index (κ1) is 24.0. The monoisotopic (exact) mass is 475 g/mol. The molecule has 0 unspecified atom stereocenters. The molecule has 0 aliphatic carbocycles. The Kier molecular flexibility index (Phi) is 7.71. The second-order valence-corrected chi connectivity index (χ2v) is 9.67. The molecular formula is C23H26ClN3O4S. The third-order valence-electron chi connectivity index (χ3n) is 4.91. The van der Waals surface area contributed by atoms with Crippen molar-refractivity contribution in [3.8, 4) is 11.3 Å². The number of hydrogen-bond donors (Lipinski definition) is 1. The van der Waals surface area contributed by atoms with Gasteiger partial charge in [0.2, 0.25) is 10.0 Å². The lowest BCUT2D eigenvalue weighted by Crippen LogP contribution is -2.32. The van der Waals surface area contributed by atoms with Crippen molar-refractivity contribution in [1.82, 2.24) is 9.46 Å². The van der Waals surface area contributed by atoms with Crippen LogP contribution in [-0.4, -0.2) is 36.9 Å². The van der Waals surface area contributed by atoms with Crippen molar-refractivity contribution in [1.29, 1.82) is 0 Å². The largest absolute Gasteiger partial charge is 0.360 e. The van der Waals surface area contributed by atoms with Gasteiger partial charge in [0, 0.05) is 24.3 Å². The highest BCUT2D eigenvalue weighted by Gasteiger charge is 2.25. The van der Waals surface area contributed by atoms with Crippen LogP contribution in [0.3, 0.4) is 0 Å². The number of carbonyl (C=O) groups excluding carboxylic acids is 1. The standard InChI is InChI=1S/C23H26ClN3O4S/c1-4-14-27(15-5-2)32(29,30)18-12-10-17(11-13-18)25-23(28)21-16(3)31-26-22(21)19-8-6-7-9-20(19)24/h6-13H,4-5,14-15H2,1-3H3,(H,25,28). The number of amides is 1. The lowest BCUT2D eigenvalue weighted by Gasteiger charge is -2.21. The molecule has 2 aromatic carbocycles. The van der Waals surface area contributed by atoms with E-state index in [1.165, 1.54) is 16.4 Å². The number of halogens is 1. The summed E-state index contributed by atoms with van der Waals surface area (Å²) in [6.07, 6.45) is 1.47. The van der Waals surface area contributed by atoms with Gasteiger partial charge in [-0.2, -0.15) is 4.31 Å². The van der Waals surface area contributed by atoms with Crippen molar-refractivity contribution >= 4 is 33.2 Å². The van der Waals surface area contributed by atoms with Crippen molar-refractivity contribution < 1.29 is 17.7 Å². The zero-order chi connectivity index (χ0) is 23.3. The van der Waals surface area contributed by atoms with Gasteiger partial charge in [-0.05, 0) is 50.1 Å².